The SMILES string of the molecule is C[C@H]1Cc2ccccc2CN1c1cc(NCCN(C)C)nc(C2CC2)n1. The van der Waals surface area contributed by atoms with Crippen LogP contribution in [0.25, 0.3) is 0 Å². The summed E-state index contributed by atoms with van der Waals surface area (Å²) in [5.74, 6) is 3.60. The van der Waals surface area contributed by atoms with Crippen LogP contribution >= 0.6 is 0 Å². The number of fused-ring (bicyclic) bond motifs is 1. The van der Waals surface area contributed by atoms with Gasteiger partial charge in [0, 0.05) is 37.7 Å². The number of hydrogen-bond acceptors (Lipinski definition) is 5. The average Bonchev–Trinajstić information content (AvgIpc) is 3.46. The van der Waals surface area contributed by atoms with E-state index >= 15 is 0 Å². The molecule has 1 aromatic carbocycles. The van der Waals surface area contributed by atoms with Gasteiger partial charge in [-0.15, -0.1) is 0 Å². The summed E-state index contributed by atoms with van der Waals surface area (Å²) in [4.78, 5) is 14.4. The maximum Gasteiger partial charge on any atom is 0.136 e. The summed E-state index contributed by atoms with van der Waals surface area (Å²) in [7, 11) is 4.19. The first-order valence-electron chi connectivity index (χ1n) is 9.71. The second-order valence-corrected chi connectivity index (χ2v) is 7.92. The molecule has 1 aliphatic heterocycles. The molecule has 5 heteroatoms. The molecule has 0 bridgehead atoms. The monoisotopic (exact) mass is 351 g/mol. The van der Waals surface area contributed by atoms with Gasteiger partial charge in [-0.3, -0.25) is 0 Å². The third-order valence-electron chi connectivity index (χ3n) is 5.34. The zero-order valence-electron chi connectivity index (χ0n) is 16.1. The summed E-state index contributed by atoms with van der Waals surface area (Å²) in [6.07, 6.45) is 3.51. The van der Waals surface area contributed by atoms with Crippen LogP contribution in [0.5, 0.6) is 0 Å². The van der Waals surface area contributed by atoms with Crippen molar-refractivity contribution in [1.82, 2.24) is 14.9 Å². The Bertz CT molecular complexity index is 769. The van der Waals surface area contributed by atoms with Crippen LogP contribution in [0.15, 0.2) is 30.3 Å². The Morgan fingerprint density at radius 1 is 1.15 bits per heavy atom. The summed E-state index contributed by atoms with van der Waals surface area (Å²) in [6, 6.07) is 11.4. The fourth-order valence-electron chi connectivity index (χ4n) is 3.61. The molecule has 1 saturated carbocycles. The first-order chi connectivity index (χ1) is 12.6. The molecule has 138 valence electrons. The fourth-order valence-corrected chi connectivity index (χ4v) is 3.61. The Morgan fingerprint density at radius 2 is 1.92 bits per heavy atom. The van der Waals surface area contributed by atoms with Gasteiger partial charge in [-0.25, -0.2) is 9.97 Å². The number of benzene rings is 1. The quantitative estimate of drug-likeness (QED) is 0.865. The van der Waals surface area contributed by atoms with Gasteiger partial charge < -0.3 is 15.1 Å². The van der Waals surface area contributed by atoms with Gasteiger partial charge in [-0.1, -0.05) is 24.3 Å². The number of aromatic nitrogens is 2. The van der Waals surface area contributed by atoms with E-state index in [4.69, 9.17) is 9.97 Å². The van der Waals surface area contributed by atoms with Crippen LogP contribution in [0, 0.1) is 0 Å². The number of likely N-dealkylation sites (N-methyl/N-ethyl adjacent to an activating group) is 1. The van der Waals surface area contributed by atoms with E-state index in [9.17, 15) is 0 Å². The first kappa shape index (κ1) is 17.3. The van der Waals surface area contributed by atoms with E-state index in [2.05, 4.69) is 66.5 Å². The molecule has 1 aliphatic carbocycles. The first-order valence-corrected chi connectivity index (χ1v) is 9.71. The number of anilines is 2. The molecule has 2 aliphatic rings. The molecule has 0 saturated heterocycles. The normalized spacial score (nSPS) is 19.5. The maximum atomic E-state index is 4.95. The van der Waals surface area contributed by atoms with Gasteiger partial charge in [-0.2, -0.15) is 0 Å². The largest absolute Gasteiger partial charge is 0.369 e. The van der Waals surface area contributed by atoms with Crippen molar-refractivity contribution in [1.29, 1.82) is 0 Å². The molecule has 0 unspecified atom stereocenters. The average molecular weight is 351 g/mol. The molecule has 4 rings (SSSR count). The Morgan fingerprint density at radius 3 is 2.65 bits per heavy atom. The topological polar surface area (TPSA) is 44.3 Å². The lowest BCUT2D eigenvalue weighted by Crippen LogP contribution is -2.39. The number of hydrogen-bond donors (Lipinski definition) is 1. The summed E-state index contributed by atoms with van der Waals surface area (Å²) in [6.45, 7) is 5.11. The predicted octanol–water partition coefficient (Wildman–Crippen LogP) is 3.28. The van der Waals surface area contributed by atoms with Crippen molar-refractivity contribution in [3.63, 3.8) is 0 Å². The highest BCUT2D eigenvalue weighted by Crippen LogP contribution is 2.39. The van der Waals surface area contributed by atoms with Crippen molar-refractivity contribution in [2.75, 3.05) is 37.4 Å². The van der Waals surface area contributed by atoms with Crippen LogP contribution in [0.4, 0.5) is 11.6 Å². The molecule has 0 amide bonds. The Labute approximate surface area is 156 Å². The van der Waals surface area contributed by atoms with Crippen molar-refractivity contribution in [2.45, 2.75) is 44.7 Å². The van der Waals surface area contributed by atoms with Crippen LogP contribution in [-0.2, 0) is 13.0 Å². The highest BCUT2D eigenvalue weighted by Gasteiger charge is 2.30. The lowest BCUT2D eigenvalue weighted by atomic mass is 9.95. The zero-order chi connectivity index (χ0) is 18.1. The summed E-state index contributed by atoms with van der Waals surface area (Å²) >= 11 is 0. The smallest absolute Gasteiger partial charge is 0.136 e. The predicted molar refractivity (Wildman–Crippen MR) is 107 cm³/mol. The lowest BCUT2D eigenvalue weighted by molar-refractivity contribution is 0.425. The van der Waals surface area contributed by atoms with Crippen LogP contribution in [0.2, 0.25) is 0 Å². The Hall–Kier alpha value is -2.14. The third-order valence-corrected chi connectivity index (χ3v) is 5.34. The molecular weight excluding hydrogens is 322 g/mol. The van der Waals surface area contributed by atoms with Gasteiger partial charge in [0.25, 0.3) is 0 Å². The second-order valence-electron chi connectivity index (χ2n) is 7.92. The molecular formula is C21H29N5. The van der Waals surface area contributed by atoms with Crippen molar-refractivity contribution in [2.24, 2.45) is 0 Å². The molecule has 1 N–H and O–H groups in total. The van der Waals surface area contributed by atoms with Crippen molar-refractivity contribution in [3.8, 4) is 0 Å². The molecule has 0 spiro atoms. The van der Waals surface area contributed by atoms with Crippen molar-refractivity contribution < 1.29 is 0 Å². The van der Waals surface area contributed by atoms with Gasteiger partial charge in [0.05, 0.1) is 0 Å². The zero-order valence-corrected chi connectivity index (χ0v) is 16.1. The third kappa shape index (κ3) is 3.83. The van der Waals surface area contributed by atoms with Gasteiger partial charge >= 0.3 is 0 Å². The molecule has 0 radical (unpaired) electrons. The number of nitrogens with zero attached hydrogens (tertiary/aromatic N) is 4. The molecule has 2 heterocycles. The van der Waals surface area contributed by atoms with Gasteiger partial charge in [0.1, 0.15) is 17.5 Å². The highest BCUT2D eigenvalue weighted by molar-refractivity contribution is 5.53. The molecule has 1 aromatic heterocycles. The van der Waals surface area contributed by atoms with E-state index in [1.54, 1.807) is 0 Å². The van der Waals surface area contributed by atoms with Gasteiger partial charge in [0.2, 0.25) is 0 Å². The minimum Gasteiger partial charge on any atom is -0.369 e. The van der Waals surface area contributed by atoms with Gasteiger partial charge in [0.15, 0.2) is 0 Å². The van der Waals surface area contributed by atoms with E-state index in [-0.39, 0.29) is 0 Å². The molecule has 26 heavy (non-hydrogen) atoms. The highest BCUT2D eigenvalue weighted by atomic mass is 15.2. The molecule has 5 nitrogen and oxygen atoms in total. The molecule has 1 atom stereocenters. The minimum absolute atomic E-state index is 0.446. The van der Waals surface area contributed by atoms with Crippen molar-refractivity contribution in [3.05, 3.63) is 47.3 Å². The van der Waals surface area contributed by atoms with Crippen LogP contribution in [0.1, 0.15) is 42.6 Å². The van der Waals surface area contributed by atoms with Crippen LogP contribution in [0.3, 0.4) is 0 Å². The van der Waals surface area contributed by atoms with E-state index < -0.39 is 0 Å². The fraction of sp³-hybridized carbons (Fsp3) is 0.524. The minimum atomic E-state index is 0.446. The van der Waals surface area contributed by atoms with E-state index in [1.807, 2.05) is 0 Å². The Kier molecular flexibility index (Phi) is 4.81. The van der Waals surface area contributed by atoms with E-state index in [0.29, 0.717) is 12.0 Å². The van der Waals surface area contributed by atoms with Crippen LogP contribution in [-0.4, -0.2) is 48.1 Å². The maximum absolute atomic E-state index is 4.95. The number of rotatable bonds is 6. The second kappa shape index (κ2) is 7.23. The molecule has 1 fully saturated rings. The van der Waals surface area contributed by atoms with Crippen LogP contribution < -0.4 is 10.2 Å². The van der Waals surface area contributed by atoms with E-state index in [0.717, 1.165) is 43.5 Å². The number of nitrogens with one attached hydrogen (secondary N) is 1. The summed E-state index contributed by atoms with van der Waals surface area (Å²) < 4.78 is 0. The Balaban J connectivity index is 1.59. The summed E-state index contributed by atoms with van der Waals surface area (Å²) in [5.41, 5.74) is 2.89. The van der Waals surface area contributed by atoms with Gasteiger partial charge in [-0.05, 0) is 51.4 Å². The van der Waals surface area contributed by atoms with E-state index in [1.165, 1.54) is 24.0 Å². The summed E-state index contributed by atoms with van der Waals surface area (Å²) in [5, 5.41) is 3.49. The molecule has 2 aromatic rings. The standard InChI is InChI=1S/C21H29N5/c1-15-12-17-6-4-5-7-18(17)14-26(15)20-13-19(22-10-11-25(2)3)23-21(24-20)16-8-9-16/h4-7,13,15-16H,8-12,14H2,1-3H3,(H,22,23,24)/t15-/m0/s1. The van der Waals surface area contributed by atoms with Crippen molar-refractivity contribution >= 4 is 11.6 Å². The lowest BCUT2D eigenvalue weighted by Gasteiger charge is -2.36.